The largest absolute Gasteiger partial charge is 0.357 e. The first-order chi connectivity index (χ1) is 9.02. The second kappa shape index (κ2) is 5.21. The Labute approximate surface area is 109 Å². The van der Waals surface area contributed by atoms with Crippen LogP contribution in [0.25, 0.3) is 0 Å². The molecule has 6 nitrogen and oxygen atoms in total. The number of non-ortho nitro benzene ring substituents is 1. The van der Waals surface area contributed by atoms with Gasteiger partial charge >= 0.3 is 0 Å². The summed E-state index contributed by atoms with van der Waals surface area (Å²) in [5.74, 6) is -0.814. The average Bonchev–Trinajstić information content (AvgIpc) is 2.37. The van der Waals surface area contributed by atoms with Crippen molar-refractivity contribution in [3.63, 3.8) is 0 Å². The van der Waals surface area contributed by atoms with E-state index < -0.39 is 16.8 Å². The highest BCUT2D eigenvalue weighted by Crippen LogP contribution is 2.26. The number of nitro groups is 1. The molecule has 1 aliphatic heterocycles. The van der Waals surface area contributed by atoms with E-state index >= 15 is 0 Å². The van der Waals surface area contributed by atoms with Gasteiger partial charge in [0.1, 0.15) is 11.9 Å². The molecular formula is C12H14FN3O3. The fraction of sp³-hybridized carbons (Fsp3) is 0.417. The van der Waals surface area contributed by atoms with Crippen molar-refractivity contribution in [3.05, 3.63) is 34.1 Å². The quantitative estimate of drug-likeness (QED) is 0.664. The fourth-order valence-corrected chi connectivity index (χ4v) is 2.26. The summed E-state index contributed by atoms with van der Waals surface area (Å²) in [6.07, 6.45) is 0.552. The van der Waals surface area contributed by atoms with E-state index in [1.807, 2.05) is 6.92 Å². The van der Waals surface area contributed by atoms with Gasteiger partial charge < -0.3 is 10.2 Å². The van der Waals surface area contributed by atoms with Gasteiger partial charge in [0.25, 0.3) is 5.69 Å². The smallest absolute Gasteiger partial charge is 0.274 e. The van der Waals surface area contributed by atoms with Gasteiger partial charge in [-0.25, -0.2) is 4.39 Å². The third kappa shape index (κ3) is 2.64. The molecule has 0 saturated carbocycles. The molecule has 1 saturated heterocycles. The van der Waals surface area contributed by atoms with Crippen LogP contribution >= 0.6 is 0 Å². The molecule has 7 heteroatoms. The molecular weight excluding hydrogens is 253 g/mol. The van der Waals surface area contributed by atoms with Gasteiger partial charge in [-0.1, -0.05) is 6.92 Å². The molecule has 1 aromatic rings. The van der Waals surface area contributed by atoms with Gasteiger partial charge in [0.05, 0.1) is 11.0 Å². The van der Waals surface area contributed by atoms with Crippen molar-refractivity contribution in [1.82, 2.24) is 5.32 Å². The Morgan fingerprint density at radius 2 is 2.26 bits per heavy atom. The van der Waals surface area contributed by atoms with Gasteiger partial charge in [-0.15, -0.1) is 0 Å². The van der Waals surface area contributed by atoms with Gasteiger partial charge in [0, 0.05) is 24.8 Å². The van der Waals surface area contributed by atoms with Crippen LogP contribution in [0.3, 0.4) is 0 Å². The number of carbonyl (C=O) groups is 1. The summed E-state index contributed by atoms with van der Waals surface area (Å²) in [6.45, 7) is 2.79. The summed E-state index contributed by atoms with van der Waals surface area (Å²) in [7, 11) is 0. The van der Waals surface area contributed by atoms with Crippen LogP contribution in [0.2, 0.25) is 0 Å². The highest BCUT2D eigenvalue weighted by molar-refractivity contribution is 5.86. The lowest BCUT2D eigenvalue weighted by Crippen LogP contribution is -2.55. The Bertz CT molecular complexity index is 521. The topological polar surface area (TPSA) is 75.5 Å². The van der Waals surface area contributed by atoms with E-state index in [-0.39, 0.29) is 11.6 Å². The number of hydrogen-bond donors (Lipinski definition) is 1. The summed E-state index contributed by atoms with van der Waals surface area (Å²) >= 11 is 0. The van der Waals surface area contributed by atoms with Crippen LogP contribution in [0.5, 0.6) is 0 Å². The van der Waals surface area contributed by atoms with Crippen LogP contribution in [0, 0.1) is 15.9 Å². The van der Waals surface area contributed by atoms with Crippen LogP contribution in [0.15, 0.2) is 18.2 Å². The first kappa shape index (κ1) is 13.3. The van der Waals surface area contributed by atoms with E-state index in [9.17, 15) is 19.3 Å². The number of benzene rings is 1. The van der Waals surface area contributed by atoms with E-state index in [1.54, 1.807) is 4.90 Å². The van der Waals surface area contributed by atoms with E-state index in [0.717, 1.165) is 6.07 Å². The molecule has 2 rings (SSSR count). The van der Waals surface area contributed by atoms with Crippen molar-refractivity contribution in [2.24, 2.45) is 0 Å². The first-order valence-electron chi connectivity index (χ1n) is 6.02. The van der Waals surface area contributed by atoms with Crippen molar-refractivity contribution < 1.29 is 14.1 Å². The minimum Gasteiger partial charge on any atom is -0.357 e. The Balaban J connectivity index is 2.39. The second-order valence-electron chi connectivity index (χ2n) is 4.33. The lowest BCUT2D eigenvalue weighted by molar-refractivity contribution is -0.385. The van der Waals surface area contributed by atoms with Gasteiger partial charge in [-0.2, -0.15) is 0 Å². The lowest BCUT2D eigenvalue weighted by Gasteiger charge is -2.36. The van der Waals surface area contributed by atoms with Crippen LogP contribution in [-0.4, -0.2) is 30.0 Å². The van der Waals surface area contributed by atoms with Gasteiger partial charge in [-0.05, 0) is 12.5 Å². The molecule has 102 valence electrons. The summed E-state index contributed by atoms with van der Waals surface area (Å²) in [6, 6.07) is 2.96. The Morgan fingerprint density at radius 3 is 2.89 bits per heavy atom. The maximum absolute atomic E-state index is 13.4. The van der Waals surface area contributed by atoms with Crippen molar-refractivity contribution in [2.75, 3.05) is 18.0 Å². The lowest BCUT2D eigenvalue weighted by atomic mass is 10.1. The van der Waals surface area contributed by atoms with Gasteiger partial charge in [0.15, 0.2) is 0 Å². The molecule has 0 aliphatic carbocycles. The van der Waals surface area contributed by atoms with Crippen LogP contribution < -0.4 is 10.2 Å². The number of anilines is 1. The van der Waals surface area contributed by atoms with Crippen molar-refractivity contribution in [2.45, 2.75) is 19.4 Å². The molecule has 19 heavy (non-hydrogen) atoms. The zero-order chi connectivity index (χ0) is 14.0. The number of carbonyl (C=O) groups excluding carboxylic acids is 1. The SMILES string of the molecule is CCC1C(=O)NCCN1c1cc(F)cc([N+](=O)[O-])c1. The number of rotatable bonds is 3. The molecule has 1 aliphatic rings. The van der Waals surface area contributed by atoms with E-state index in [4.69, 9.17) is 0 Å². The summed E-state index contributed by atoms with van der Waals surface area (Å²) < 4.78 is 13.4. The highest BCUT2D eigenvalue weighted by Gasteiger charge is 2.29. The highest BCUT2D eigenvalue weighted by atomic mass is 19.1. The zero-order valence-corrected chi connectivity index (χ0v) is 10.4. The van der Waals surface area contributed by atoms with Crippen LogP contribution in [-0.2, 0) is 4.79 Å². The standard InChI is InChI=1S/C12H14FN3O3/c1-2-11-12(17)14-3-4-15(11)9-5-8(13)6-10(7-9)16(18)19/h5-7,11H,2-4H2,1H3,(H,14,17). The van der Waals surface area contributed by atoms with Gasteiger partial charge in [0.2, 0.25) is 5.91 Å². The van der Waals surface area contributed by atoms with E-state index in [2.05, 4.69) is 5.32 Å². The molecule has 1 N–H and O–H groups in total. The zero-order valence-electron chi connectivity index (χ0n) is 10.4. The summed E-state index contributed by atoms with van der Waals surface area (Å²) in [5, 5.41) is 13.5. The fourth-order valence-electron chi connectivity index (χ4n) is 2.26. The third-order valence-electron chi connectivity index (χ3n) is 3.13. The normalized spacial score (nSPS) is 19.2. The van der Waals surface area contributed by atoms with Crippen molar-refractivity contribution in [1.29, 1.82) is 0 Å². The van der Waals surface area contributed by atoms with Gasteiger partial charge in [-0.3, -0.25) is 14.9 Å². The molecule has 1 amide bonds. The Morgan fingerprint density at radius 1 is 1.53 bits per heavy atom. The minimum atomic E-state index is -0.676. The molecule has 0 spiro atoms. The number of hydrogen-bond acceptors (Lipinski definition) is 4. The number of nitrogens with zero attached hydrogens (tertiary/aromatic N) is 2. The molecule has 1 aromatic carbocycles. The van der Waals surface area contributed by atoms with E-state index in [1.165, 1.54) is 12.1 Å². The summed E-state index contributed by atoms with van der Waals surface area (Å²) in [5.41, 5.74) is 0.0595. The maximum Gasteiger partial charge on any atom is 0.274 e. The Hall–Kier alpha value is -2.18. The summed E-state index contributed by atoms with van der Waals surface area (Å²) in [4.78, 5) is 23.5. The molecule has 0 aromatic heterocycles. The molecule has 1 unspecified atom stereocenters. The number of piperazine rings is 1. The molecule has 0 bridgehead atoms. The number of nitrogens with one attached hydrogen (secondary N) is 1. The Kier molecular flexibility index (Phi) is 3.64. The van der Waals surface area contributed by atoms with Crippen molar-refractivity contribution >= 4 is 17.3 Å². The molecule has 1 atom stereocenters. The first-order valence-corrected chi connectivity index (χ1v) is 6.02. The van der Waals surface area contributed by atoms with Crippen LogP contribution in [0.4, 0.5) is 15.8 Å². The minimum absolute atomic E-state index is 0.138. The van der Waals surface area contributed by atoms with Crippen LogP contribution in [0.1, 0.15) is 13.3 Å². The maximum atomic E-state index is 13.4. The van der Waals surface area contributed by atoms with Crippen molar-refractivity contribution in [3.8, 4) is 0 Å². The second-order valence-corrected chi connectivity index (χ2v) is 4.33. The number of halogens is 1. The number of amides is 1. The number of nitro benzene ring substituents is 1. The monoisotopic (exact) mass is 267 g/mol. The average molecular weight is 267 g/mol. The molecule has 1 fully saturated rings. The molecule has 0 radical (unpaired) electrons. The van der Waals surface area contributed by atoms with E-state index in [0.29, 0.717) is 25.2 Å². The molecule has 1 heterocycles. The predicted molar refractivity (Wildman–Crippen MR) is 67.5 cm³/mol. The third-order valence-corrected chi connectivity index (χ3v) is 3.13. The predicted octanol–water partition coefficient (Wildman–Crippen LogP) is 1.45.